The summed E-state index contributed by atoms with van der Waals surface area (Å²) in [5, 5.41) is 30.3. The Labute approximate surface area is 117 Å². The molecule has 1 amide bonds. The largest absolute Gasteiger partial charge is 0.478 e. The summed E-state index contributed by atoms with van der Waals surface area (Å²) in [6.45, 7) is 0. The molecular weight excluding hydrogens is 261 g/mol. The van der Waals surface area contributed by atoms with E-state index in [1.165, 1.54) is 0 Å². The van der Waals surface area contributed by atoms with E-state index in [9.17, 15) is 9.82 Å². The predicted octanol–water partition coefficient (Wildman–Crippen LogP) is -0.315. The minimum Gasteiger partial charge on any atom is -0.426 e. The van der Waals surface area contributed by atoms with Gasteiger partial charge in [0.25, 0.3) is 5.91 Å². The van der Waals surface area contributed by atoms with Gasteiger partial charge in [0.2, 0.25) is 0 Å². The van der Waals surface area contributed by atoms with Gasteiger partial charge in [0.05, 0.1) is 5.94 Å². The van der Waals surface area contributed by atoms with Crippen LogP contribution in [0.2, 0.25) is 0 Å². The average Bonchev–Trinajstić information content (AvgIpc) is 2.42. The molecule has 20 heavy (non-hydrogen) atoms. The lowest BCUT2D eigenvalue weighted by Gasteiger charge is -2.31. The lowest BCUT2D eigenvalue weighted by molar-refractivity contribution is -0.0722. The first-order chi connectivity index (χ1) is 9.56. The van der Waals surface area contributed by atoms with Gasteiger partial charge in [0, 0.05) is 18.1 Å². The van der Waals surface area contributed by atoms with Crippen LogP contribution in [-0.2, 0) is 4.65 Å². The van der Waals surface area contributed by atoms with Crippen molar-refractivity contribution in [3.63, 3.8) is 0 Å². The number of carbonyl (C=O) groups excluding carboxylic acids is 1. The van der Waals surface area contributed by atoms with E-state index in [0.29, 0.717) is 18.4 Å². The second-order valence-corrected chi connectivity index (χ2v) is 4.89. The maximum absolute atomic E-state index is 12.0. The summed E-state index contributed by atoms with van der Waals surface area (Å²) in [6, 6.07) is 8.73. The molecule has 0 radical (unpaired) electrons. The summed E-state index contributed by atoms with van der Waals surface area (Å²) in [5.41, 5.74) is 0.521. The predicted molar refractivity (Wildman–Crippen MR) is 72.6 cm³/mol. The molecule has 0 aliphatic carbocycles. The molecule has 0 spiro atoms. The van der Waals surface area contributed by atoms with Crippen molar-refractivity contribution in [3.05, 3.63) is 35.9 Å². The molecule has 1 aliphatic heterocycles. The third-order valence-electron chi connectivity index (χ3n) is 3.30. The summed E-state index contributed by atoms with van der Waals surface area (Å²) < 4.78 is 5.27. The smallest absolute Gasteiger partial charge is 0.426 e. The van der Waals surface area contributed by atoms with Crippen molar-refractivity contribution in [2.24, 2.45) is 0 Å². The first kappa shape index (κ1) is 15.0. The Morgan fingerprint density at radius 2 is 2.05 bits per heavy atom. The Kier molecular flexibility index (Phi) is 5.14. The topological polar surface area (TPSA) is 99.0 Å². The molecular formula is C13H18BNO5. The Hall–Kier alpha value is -1.41. The van der Waals surface area contributed by atoms with Crippen LogP contribution in [0.25, 0.3) is 0 Å². The van der Waals surface area contributed by atoms with Crippen LogP contribution in [0.1, 0.15) is 29.6 Å². The standard InChI is InChI=1S/C13H18BNO5/c16-12(17)8-10-6-7-11(14(19)20-10)15-13(18)9-4-2-1-3-5-9/h1-5,10-12,16-17,19H,6-8H2,(H,15,18)/t10-,11-/m0/s1. The van der Waals surface area contributed by atoms with Gasteiger partial charge in [-0.2, -0.15) is 0 Å². The van der Waals surface area contributed by atoms with Crippen LogP contribution in [-0.4, -0.2) is 46.6 Å². The van der Waals surface area contributed by atoms with Crippen molar-refractivity contribution in [2.45, 2.75) is 37.6 Å². The number of amides is 1. The lowest BCUT2D eigenvalue weighted by Crippen LogP contribution is -2.53. The van der Waals surface area contributed by atoms with Crippen molar-refractivity contribution in [1.82, 2.24) is 5.32 Å². The van der Waals surface area contributed by atoms with E-state index in [-0.39, 0.29) is 12.3 Å². The maximum Gasteiger partial charge on any atom is 0.478 e. The fraction of sp³-hybridized carbons (Fsp3) is 0.462. The van der Waals surface area contributed by atoms with E-state index in [1.807, 2.05) is 6.07 Å². The molecule has 1 saturated heterocycles. The van der Waals surface area contributed by atoms with Crippen LogP contribution in [0.15, 0.2) is 30.3 Å². The van der Waals surface area contributed by atoms with Crippen LogP contribution >= 0.6 is 0 Å². The van der Waals surface area contributed by atoms with E-state index in [4.69, 9.17) is 14.9 Å². The molecule has 1 aromatic carbocycles. The summed E-state index contributed by atoms with van der Waals surface area (Å²) in [4.78, 5) is 12.0. The second-order valence-electron chi connectivity index (χ2n) is 4.89. The third kappa shape index (κ3) is 4.04. The van der Waals surface area contributed by atoms with Crippen LogP contribution in [0.5, 0.6) is 0 Å². The molecule has 108 valence electrons. The Bertz CT molecular complexity index is 442. The highest BCUT2D eigenvalue weighted by molar-refractivity contribution is 6.45. The van der Waals surface area contributed by atoms with E-state index < -0.39 is 25.5 Å². The Morgan fingerprint density at radius 1 is 1.35 bits per heavy atom. The van der Waals surface area contributed by atoms with Crippen LogP contribution in [0.3, 0.4) is 0 Å². The molecule has 2 atom stereocenters. The number of hydrogen-bond acceptors (Lipinski definition) is 5. The highest BCUT2D eigenvalue weighted by Gasteiger charge is 2.36. The van der Waals surface area contributed by atoms with Gasteiger partial charge in [0.15, 0.2) is 6.29 Å². The number of rotatable bonds is 4. The quantitative estimate of drug-likeness (QED) is 0.447. The van der Waals surface area contributed by atoms with E-state index in [0.717, 1.165) is 0 Å². The molecule has 0 unspecified atom stereocenters. The fourth-order valence-corrected chi connectivity index (χ4v) is 2.26. The van der Waals surface area contributed by atoms with Crippen molar-refractivity contribution < 1.29 is 24.7 Å². The van der Waals surface area contributed by atoms with Crippen molar-refractivity contribution in [1.29, 1.82) is 0 Å². The molecule has 0 saturated carbocycles. The number of benzene rings is 1. The van der Waals surface area contributed by atoms with E-state index >= 15 is 0 Å². The first-order valence-electron chi connectivity index (χ1n) is 6.62. The van der Waals surface area contributed by atoms with E-state index in [2.05, 4.69) is 5.32 Å². The molecule has 0 aromatic heterocycles. The zero-order valence-electron chi connectivity index (χ0n) is 11.0. The van der Waals surface area contributed by atoms with Crippen molar-refractivity contribution >= 4 is 13.0 Å². The normalized spacial score (nSPS) is 22.9. The summed E-state index contributed by atoms with van der Waals surface area (Å²) in [7, 11) is -1.14. The zero-order valence-corrected chi connectivity index (χ0v) is 11.0. The van der Waals surface area contributed by atoms with Crippen LogP contribution < -0.4 is 5.32 Å². The summed E-state index contributed by atoms with van der Waals surface area (Å²) >= 11 is 0. The molecule has 6 nitrogen and oxygen atoms in total. The van der Waals surface area contributed by atoms with Gasteiger partial charge in [-0.3, -0.25) is 4.79 Å². The fourth-order valence-electron chi connectivity index (χ4n) is 2.26. The zero-order chi connectivity index (χ0) is 14.5. The number of hydrogen-bond donors (Lipinski definition) is 4. The minimum atomic E-state index is -1.46. The van der Waals surface area contributed by atoms with Crippen molar-refractivity contribution in [3.8, 4) is 0 Å². The van der Waals surface area contributed by atoms with Gasteiger partial charge in [-0.25, -0.2) is 0 Å². The Morgan fingerprint density at radius 3 is 2.65 bits per heavy atom. The molecule has 4 N–H and O–H groups in total. The van der Waals surface area contributed by atoms with Gasteiger partial charge in [-0.15, -0.1) is 0 Å². The van der Waals surface area contributed by atoms with Gasteiger partial charge in [-0.05, 0) is 25.0 Å². The van der Waals surface area contributed by atoms with Gasteiger partial charge < -0.3 is 25.2 Å². The maximum atomic E-state index is 12.0. The number of aliphatic hydroxyl groups excluding tert-OH is 1. The molecule has 7 heteroatoms. The van der Waals surface area contributed by atoms with Crippen molar-refractivity contribution in [2.75, 3.05) is 0 Å². The number of aliphatic hydroxyl groups is 2. The number of carbonyl (C=O) groups is 1. The highest BCUT2D eigenvalue weighted by atomic mass is 16.5. The molecule has 1 fully saturated rings. The molecule has 1 aliphatic rings. The molecule has 0 bridgehead atoms. The second kappa shape index (κ2) is 6.85. The minimum absolute atomic E-state index is 0.0520. The monoisotopic (exact) mass is 279 g/mol. The number of nitrogens with one attached hydrogen (secondary N) is 1. The SMILES string of the molecule is O=C(N[C@H]1CC[C@@H](CC(O)O)OB1O)c1ccccc1. The van der Waals surface area contributed by atoms with Gasteiger partial charge in [0.1, 0.15) is 0 Å². The first-order valence-corrected chi connectivity index (χ1v) is 6.62. The average molecular weight is 279 g/mol. The molecule has 1 aromatic rings. The summed E-state index contributed by atoms with van der Waals surface area (Å²) in [6.07, 6.45) is -0.736. The van der Waals surface area contributed by atoms with E-state index in [1.54, 1.807) is 24.3 Å². The molecule has 1 heterocycles. The molecule has 2 rings (SSSR count). The van der Waals surface area contributed by atoms with Crippen LogP contribution in [0.4, 0.5) is 0 Å². The summed E-state index contributed by atoms with van der Waals surface area (Å²) in [5.74, 6) is -0.756. The Balaban J connectivity index is 1.87. The van der Waals surface area contributed by atoms with Gasteiger partial charge >= 0.3 is 7.12 Å². The van der Waals surface area contributed by atoms with Gasteiger partial charge in [-0.1, -0.05) is 18.2 Å². The third-order valence-corrected chi connectivity index (χ3v) is 3.30. The van der Waals surface area contributed by atoms with Crippen LogP contribution in [0, 0.1) is 0 Å². The highest BCUT2D eigenvalue weighted by Crippen LogP contribution is 2.19. The lowest BCUT2D eigenvalue weighted by atomic mass is 9.72.